The van der Waals surface area contributed by atoms with Gasteiger partial charge in [-0.1, -0.05) is 36.4 Å². The fraction of sp³-hybridized carbons (Fsp3) is 0.405. The first-order valence-electron chi connectivity index (χ1n) is 16.9. The maximum atomic E-state index is 13.7. The summed E-state index contributed by atoms with van der Waals surface area (Å²) in [5, 5.41) is 32.7. The Morgan fingerprint density at radius 1 is 0.839 bits per heavy atom. The van der Waals surface area contributed by atoms with E-state index in [0.717, 1.165) is 26.0 Å². The predicted octanol–water partition coefficient (Wildman–Crippen LogP) is 3.96. The molecule has 4 unspecified atom stereocenters. The monoisotopic (exact) mass is 813 g/mol. The minimum absolute atomic E-state index is 0.125. The molecule has 1 saturated heterocycles. The number of halogens is 4. The summed E-state index contributed by atoms with van der Waals surface area (Å²) < 4.78 is 94.5. The Morgan fingerprint density at radius 3 is 1.89 bits per heavy atom. The summed E-state index contributed by atoms with van der Waals surface area (Å²) >= 11 is 0. The maximum absolute atomic E-state index is 13.7. The average Bonchev–Trinajstić information content (AvgIpc) is 3.12. The number of esters is 3. The van der Waals surface area contributed by atoms with Crippen LogP contribution in [0, 0.1) is 11.7 Å². The number of nitrogens with zero attached hydrogens (tertiary/aromatic N) is 1. The van der Waals surface area contributed by atoms with E-state index in [9.17, 15) is 60.5 Å². The van der Waals surface area contributed by atoms with E-state index in [1.165, 1.54) is 48.2 Å². The first kappa shape index (κ1) is 43.6. The number of hydrogen-bond donors (Lipinski definition) is 3. The highest BCUT2D eigenvalue weighted by atomic mass is 32.2. The van der Waals surface area contributed by atoms with Crippen LogP contribution in [0.25, 0.3) is 0 Å². The van der Waals surface area contributed by atoms with Crippen molar-refractivity contribution in [1.82, 2.24) is 0 Å². The number of carbonyl (C=O) groups is 4. The second-order valence-corrected chi connectivity index (χ2v) is 14.6. The van der Waals surface area contributed by atoms with Gasteiger partial charge in [0.25, 0.3) is 0 Å². The Bertz CT molecular complexity index is 1960. The molecule has 3 aromatic carbocycles. The van der Waals surface area contributed by atoms with E-state index in [1.807, 2.05) is 0 Å². The van der Waals surface area contributed by atoms with Gasteiger partial charge in [0.2, 0.25) is 5.91 Å². The highest BCUT2D eigenvalue weighted by molar-refractivity contribution is 7.88. The van der Waals surface area contributed by atoms with Crippen molar-refractivity contribution >= 4 is 39.6 Å². The van der Waals surface area contributed by atoms with Gasteiger partial charge in [-0.3, -0.25) is 19.2 Å². The van der Waals surface area contributed by atoms with Crippen LogP contribution in [0.4, 0.5) is 23.2 Å². The van der Waals surface area contributed by atoms with E-state index in [-0.39, 0.29) is 24.9 Å². The summed E-state index contributed by atoms with van der Waals surface area (Å²) in [5.41, 5.74) is -6.44. The minimum atomic E-state index is -5.96. The number of aliphatic hydroxyl groups excluding tert-OH is 2. The molecule has 0 spiro atoms. The molecule has 56 heavy (non-hydrogen) atoms. The molecule has 5 atom stereocenters. The van der Waals surface area contributed by atoms with Gasteiger partial charge in [-0.2, -0.15) is 21.6 Å². The first-order chi connectivity index (χ1) is 26.1. The van der Waals surface area contributed by atoms with Crippen LogP contribution >= 0.6 is 0 Å². The highest BCUT2D eigenvalue weighted by Crippen LogP contribution is 2.47. The van der Waals surface area contributed by atoms with Crippen LogP contribution < -0.4 is 9.08 Å². The van der Waals surface area contributed by atoms with Crippen LogP contribution in [0.1, 0.15) is 62.4 Å². The van der Waals surface area contributed by atoms with Crippen molar-refractivity contribution in [1.29, 1.82) is 0 Å². The van der Waals surface area contributed by atoms with Crippen molar-refractivity contribution < 1.29 is 78.9 Å². The topological polar surface area (TPSA) is 203 Å². The van der Waals surface area contributed by atoms with E-state index in [1.54, 1.807) is 24.3 Å². The van der Waals surface area contributed by atoms with Crippen molar-refractivity contribution in [3.8, 4) is 5.75 Å². The van der Waals surface area contributed by atoms with Gasteiger partial charge in [-0.15, -0.1) is 0 Å². The molecule has 0 saturated carbocycles. The molecule has 1 aliphatic heterocycles. The number of aliphatic hydroxyl groups is 3. The lowest BCUT2D eigenvalue weighted by molar-refractivity contribution is -0.190. The number of β-lactam (4-membered cyclic amide) rings is 1. The average molecular weight is 814 g/mol. The molecule has 3 aromatic rings. The molecule has 19 heteroatoms. The Kier molecular flexibility index (Phi) is 13.8. The normalized spacial score (nSPS) is 17.6. The minimum Gasteiger partial charge on any atom is -0.463 e. The molecule has 1 heterocycles. The van der Waals surface area contributed by atoms with Gasteiger partial charge >= 0.3 is 33.5 Å². The fourth-order valence-corrected chi connectivity index (χ4v) is 6.52. The lowest BCUT2D eigenvalue weighted by Gasteiger charge is -2.48. The van der Waals surface area contributed by atoms with Gasteiger partial charge < -0.3 is 38.6 Å². The molecule has 0 aliphatic carbocycles. The number of ether oxygens (including phenoxy) is 3. The molecule has 0 bridgehead atoms. The van der Waals surface area contributed by atoms with E-state index in [2.05, 4.69) is 4.18 Å². The number of rotatable bonds is 17. The van der Waals surface area contributed by atoms with Gasteiger partial charge in [0.1, 0.15) is 37.0 Å². The third-order valence-corrected chi connectivity index (χ3v) is 9.82. The maximum Gasteiger partial charge on any atom is 0.534 e. The molecule has 1 amide bonds. The van der Waals surface area contributed by atoms with Crippen molar-refractivity contribution in [3.63, 3.8) is 0 Å². The van der Waals surface area contributed by atoms with Crippen LogP contribution in [0.15, 0.2) is 72.8 Å². The summed E-state index contributed by atoms with van der Waals surface area (Å²) in [4.78, 5) is 49.7. The summed E-state index contributed by atoms with van der Waals surface area (Å²) in [6.45, 7) is 1.70. The molecule has 3 N–H and O–H groups in total. The molecule has 0 aromatic heterocycles. The zero-order valence-electron chi connectivity index (χ0n) is 30.1. The number of benzene rings is 3. The number of amides is 1. The summed E-state index contributed by atoms with van der Waals surface area (Å²) in [6, 6.07) is 15.1. The van der Waals surface area contributed by atoms with Crippen molar-refractivity contribution in [2.24, 2.45) is 5.92 Å². The van der Waals surface area contributed by atoms with Crippen molar-refractivity contribution in [2.75, 3.05) is 18.1 Å². The van der Waals surface area contributed by atoms with E-state index in [4.69, 9.17) is 14.2 Å². The molecule has 4 rings (SSSR count). The lowest BCUT2D eigenvalue weighted by atomic mass is 9.78. The van der Waals surface area contributed by atoms with Crippen LogP contribution in [0.3, 0.4) is 0 Å². The van der Waals surface area contributed by atoms with Crippen LogP contribution in [-0.4, -0.2) is 84.1 Å². The molecule has 0 radical (unpaired) electrons. The Hall–Kier alpha value is -5.11. The summed E-state index contributed by atoms with van der Waals surface area (Å²) in [6.07, 6.45) is -4.48. The van der Waals surface area contributed by atoms with Crippen molar-refractivity contribution in [2.45, 2.75) is 75.5 Å². The van der Waals surface area contributed by atoms with E-state index >= 15 is 0 Å². The molecular weight excluding hydrogens is 774 g/mol. The van der Waals surface area contributed by atoms with Crippen LogP contribution in [-0.2, 0) is 49.9 Å². The lowest BCUT2D eigenvalue weighted by Crippen LogP contribution is -2.56. The third-order valence-electron chi connectivity index (χ3n) is 8.84. The highest BCUT2D eigenvalue weighted by Gasteiger charge is 2.50. The zero-order valence-corrected chi connectivity index (χ0v) is 31.0. The second kappa shape index (κ2) is 17.8. The van der Waals surface area contributed by atoms with Crippen LogP contribution in [0.5, 0.6) is 5.75 Å². The number of anilines is 1. The quantitative estimate of drug-likeness (QED) is 0.0442. The third kappa shape index (κ3) is 10.8. The Balaban J connectivity index is 1.60. The predicted molar refractivity (Wildman–Crippen MR) is 186 cm³/mol. The van der Waals surface area contributed by atoms with Gasteiger partial charge in [-0.25, -0.2) is 4.39 Å². The van der Waals surface area contributed by atoms with E-state index in [0.29, 0.717) is 16.7 Å². The zero-order chi connectivity index (χ0) is 41.6. The molecular formula is C37H39F4NO13S. The Morgan fingerprint density at radius 2 is 1.39 bits per heavy atom. The number of carbonyl (C=O) groups excluding carboxylic acids is 4. The molecule has 1 fully saturated rings. The van der Waals surface area contributed by atoms with Crippen LogP contribution in [0.2, 0.25) is 0 Å². The largest absolute Gasteiger partial charge is 0.534 e. The van der Waals surface area contributed by atoms with Gasteiger partial charge in [0.05, 0.1) is 18.1 Å². The van der Waals surface area contributed by atoms with Gasteiger partial charge in [-0.05, 0) is 65.9 Å². The van der Waals surface area contributed by atoms with Crippen molar-refractivity contribution in [3.05, 3.63) is 95.3 Å². The van der Waals surface area contributed by atoms with Gasteiger partial charge in [0.15, 0.2) is 5.60 Å². The molecule has 304 valence electrons. The molecule has 1 aliphatic rings. The molecule has 14 nitrogen and oxygen atoms in total. The van der Waals surface area contributed by atoms with E-state index < -0.39 is 100 Å². The fourth-order valence-electron chi connectivity index (χ4n) is 6.07. The second-order valence-electron chi connectivity index (χ2n) is 13.1. The first-order valence-corrected chi connectivity index (χ1v) is 18.3. The number of hydrogen-bond acceptors (Lipinski definition) is 13. The smallest absolute Gasteiger partial charge is 0.463 e. The number of alkyl halides is 3. The standard InChI is InChI=1S/C37H39F4NO13S/c1-21(43)52-19-36(49,20-53-22(2)44)34(47)31(46)18-24-4-6-26(7-5-24)33-30(16-17-32(54-23(3)45)25-8-10-27(38)11-9-25)35(48)42(33)28-12-14-29(15-13-28)55-56(50,51)37(39,40)41/h4-15,30-34,46-47,49H,16-20H2,1-3H3/t30?,31?,32-,33?,34?/m0/s1. The summed E-state index contributed by atoms with van der Waals surface area (Å²) in [7, 11) is -5.96. The summed E-state index contributed by atoms with van der Waals surface area (Å²) in [5.74, 6) is -4.60. The SMILES string of the molecule is CC(=O)OCC(O)(COC(C)=O)C(O)C(O)Cc1ccc(C2C(CC[C@H](OC(C)=O)c3ccc(F)cc3)C(=O)N2c2ccc(OS(=O)(=O)C(F)(F)F)cc2)cc1. The Labute approximate surface area is 318 Å². The van der Waals surface area contributed by atoms with Gasteiger partial charge in [0, 0.05) is 32.9 Å².